The van der Waals surface area contributed by atoms with Crippen LogP contribution in [0, 0.1) is 12.3 Å². The van der Waals surface area contributed by atoms with Gasteiger partial charge in [0, 0.05) is 13.1 Å². The standard InChI is InChI=1S/C14H16ClF2N3O/c1-5-13(2,3)20-12(21)10-6-9(15)7-18-11(10)19-8-14(4,16)17/h1,6-7H,8H2,2-4H3,(H,18,19)(H,20,21). The molecule has 0 unspecified atom stereocenters. The van der Waals surface area contributed by atoms with Crippen LogP contribution in [0.25, 0.3) is 0 Å². The number of amides is 1. The molecule has 0 aliphatic carbocycles. The summed E-state index contributed by atoms with van der Waals surface area (Å²) in [5, 5.41) is 5.23. The number of halogens is 3. The van der Waals surface area contributed by atoms with E-state index in [1.54, 1.807) is 13.8 Å². The lowest BCUT2D eigenvalue weighted by atomic mass is 10.1. The van der Waals surface area contributed by atoms with E-state index in [-0.39, 0.29) is 16.4 Å². The highest BCUT2D eigenvalue weighted by molar-refractivity contribution is 6.31. The van der Waals surface area contributed by atoms with Crippen molar-refractivity contribution in [3.8, 4) is 12.3 Å². The molecule has 1 aromatic heterocycles. The Kier molecular flexibility index (Phi) is 5.13. The summed E-state index contributed by atoms with van der Waals surface area (Å²) in [7, 11) is 0. The number of hydrogen-bond donors (Lipinski definition) is 2. The summed E-state index contributed by atoms with van der Waals surface area (Å²) in [6, 6.07) is 1.34. The topological polar surface area (TPSA) is 54.0 Å². The van der Waals surface area contributed by atoms with Crippen LogP contribution in [-0.2, 0) is 0 Å². The molecule has 0 atom stereocenters. The van der Waals surface area contributed by atoms with Gasteiger partial charge >= 0.3 is 0 Å². The van der Waals surface area contributed by atoms with Crippen molar-refractivity contribution in [2.45, 2.75) is 32.2 Å². The molecule has 0 aliphatic rings. The van der Waals surface area contributed by atoms with Gasteiger partial charge in [-0.3, -0.25) is 4.79 Å². The molecular weight excluding hydrogens is 300 g/mol. The number of anilines is 1. The van der Waals surface area contributed by atoms with E-state index in [2.05, 4.69) is 21.5 Å². The molecule has 1 aromatic rings. The van der Waals surface area contributed by atoms with Gasteiger partial charge in [-0.1, -0.05) is 17.5 Å². The maximum atomic E-state index is 12.9. The van der Waals surface area contributed by atoms with Gasteiger partial charge in [-0.2, -0.15) is 0 Å². The van der Waals surface area contributed by atoms with Crippen LogP contribution in [0.4, 0.5) is 14.6 Å². The number of rotatable bonds is 5. The fraction of sp³-hybridized carbons (Fsp3) is 0.429. The summed E-state index contributed by atoms with van der Waals surface area (Å²) >= 11 is 5.80. The van der Waals surface area contributed by atoms with Crippen LogP contribution in [-0.4, -0.2) is 28.9 Å². The van der Waals surface area contributed by atoms with E-state index >= 15 is 0 Å². The Bertz CT molecular complexity index is 577. The van der Waals surface area contributed by atoms with Gasteiger partial charge in [0.05, 0.1) is 22.7 Å². The third-order valence-corrected chi connectivity index (χ3v) is 2.66. The first kappa shape index (κ1) is 17.2. The number of carbonyl (C=O) groups excluding carboxylic acids is 1. The van der Waals surface area contributed by atoms with Gasteiger partial charge in [0.25, 0.3) is 11.8 Å². The van der Waals surface area contributed by atoms with Crippen molar-refractivity contribution in [1.82, 2.24) is 10.3 Å². The minimum atomic E-state index is -2.94. The summed E-state index contributed by atoms with van der Waals surface area (Å²) < 4.78 is 25.8. The van der Waals surface area contributed by atoms with Crippen LogP contribution in [0.5, 0.6) is 0 Å². The molecule has 0 saturated carbocycles. The Balaban J connectivity index is 3.02. The second-order valence-electron chi connectivity index (χ2n) is 5.20. The van der Waals surface area contributed by atoms with Gasteiger partial charge in [-0.05, 0) is 19.9 Å². The van der Waals surface area contributed by atoms with Crippen LogP contribution >= 0.6 is 11.6 Å². The van der Waals surface area contributed by atoms with Gasteiger partial charge in [-0.15, -0.1) is 6.42 Å². The van der Waals surface area contributed by atoms with Gasteiger partial charge in [-0.25, -0.2) is 13.8 Å². The van der Waals surface area contributed by atoms with Gasteiger partial charge < -0.3 is 10.6 Å². The van der Waals surface area contributed by atoms with Crippen LogP contribution in [0.15, 0.2) is 12.3 Å². The van der Waals surface area contributed by atoms with Crippen molar-refractivity contribution in [3.63, 3.8) is 0 Å². The molecule has 0 aliphatic heterocycles. The van der Waals surface area contributed by atoms with Crippen LogP contribution in [0.3, 0.4) is 0 Å². The Hall–Kier alpha value is -1.87. The maximum absolute atomic E-state index is 12.9. The highest BCUT2D eigenvalue weighted by Crippen LogP contribution is 2.20. The SMILES string of the molecule is C#CC(C)(C)NC(=O)c1cc(Cl)cnc1NCC(C)(F)F. The summed E-state index contributed by atoms with van der Waals surface area (Å²) in [6.45, 7) is 3.38. The van der Waals surface area contributed by atoms with Crippen LogP contribution in [0.2, 0.25) is 5.02 Å². The van der Waals surface area contributed by atoms with Crippen molar-refractivity contribution < 1.29 is 13.6 Å². The molecule has 0 spiro atoms. The van der Waals surface area contributed by atoms with Gasteiger partial charge in [0.2, 0.25) is 0 Å². The lowest BCUT2D eigenvalue weighted by molar-refractivity contribution is 0.0366. The van der Waals surface area contributed by atoms with E-state index in [1.165, 1.54) is 12.3 Å². The molecule has 0 radical (unpaired) electrons. The summed E-state index contributed by atoms with van der Waals surface area (Å²) in [5.41, 5.74) is -0.833. The van der Waals surface area contributed by atoms with Crippen molar-refractivity contribution >= 4 is 23.3 Å². The minimum absolute atomic E-state index is 0.0197. The zero-order chi connectivity index (χ0) is 16.3. The zero-order valence-electron chi connectivity index (χ0n) is 11.9. The summed E-state index contributed by atoms with van der Waals surface area (Å²) in [5.74, 6) is -1.06. The molecule has 21 heavy (non-hydrogen) atoms. The number of carbonyl (C=O) groups is 1. The number of terminal acetylenes is 1. The average molecular weight is 316 g/mol. The molecule has 114 valence electrons. The molecule has 1 rings (SSSR count). The third-order valence-electron chi connectivity index (χ3n) is 2.45. The molecule has 0 aromatic carbocycles. The molecule has 1 heterocycles. The highest BCUT2D eigenvalue weighted by Gasteiger charge is 2.24. The number of nitrogens with one attached hydrogen (secondary N) is 2. The van der Waals surface area contributed by atoms with Gasteiger partial charge in [0.1, 0.15) is 5.82 Å². The van der Waals surface area contributed by atoms with Crippen molar-refractivity contribution in [2.24, 2.45) is 0 Å². The number of alkyl halides is 2. The van der Waals surface area contributed by atoms with Crippen molar-refractivity contribution in [1.29, 1.82) is 0 Å². The lowest BCUT2D eigenvalue weighted by Crippen LogP contribution is -2.42. The fourth-order valence-electron chi connectivity index (χ4n) is 1.38. The molecule has 0 bridgehead atoms. The predicted octanol–water partition coefficient (Wildman–Crippen LogP) is 2.94. The first-order valence-electron chi connectivity index (χ1n) is 6.11. The van der Waals surface area contributed by atoms with E-state index in [0.717, 1.165) is 6.92 Å². The maximum Gasteiger partial charge on any atom is 0.262 e. The molecule has 1 amide bonds. The molecule has 0 saturated heterocycles. The first-order chi connectivity index (χ1) is 9.54. The normalized spacial score (nSPS) is 11.7. The number of pyridine rings is 1. The van der Waals surface area contributed by atoms with Crippen molar-refractivity contribution in [2.75, 3.05) is 11.9 Å². The number of hydrogen-bond acceptors (Lipinski definition) is 3. The second kappa shape index (κ2) is 6.27. The Labute approximate surface area is 127 Å². The zero-order valence-corrected chi connectivity index (χ0v) is 12.7. The van der Waals surface area contributed by atoms with Crippen LogP contribution in [0.1, 0.15) is 31.1 Å². The molecule has 4 nitrogen and oxygen atoms in total. The van der Waals surface area contributed by atoms with Crippen LogP contribution < -0.4 is 10.6 Å². The first-order valence-corrected chi connectivity index (χ1v) is 6.49. The predicted molar refractivity (Wildman–Crippen MR) is 78.7 cm³/mol. The quantitative estimate of drug-likeness (QED) is 0.821. The Morgan fingerprint density at radius 2 is 2.10 bits per heavy atom. The smallest absolute Gasteiger partial charge is 0.262 e. The monoisotopic (exact) mass is 315 g/mol. The van der Waals surface area contributed by atoms with E-state index in [4.69, 9.17) is 18.0 Å². The van der Waals surface area contributed by atoms with Crippen molar-refractivity contribution in [3.05, 3.63) is 22.8 Å². The Morgan fingerprint density at radius 1 is 1.48 bits per heavy atom. The molecule has 7 heteroatoms. The van der Waals surface area contributed by atoms with E-state index < -0.39 is 23.9 Å². The average Bonchev–Trinajstić information content (AvgIpc) is 2.35. The second-order valence-corrected chi connectivity index (χ2v) is 5.63. The number of nitrogens with zero attached hydrogens (tertiary/aromatic N) is 1. The molecular formula is C14H16ClF2N3O. The molecule has 2 N–H and O–H groups in total. The summed E-state index contributed by atoms with van der Waals surface area (Å²) in [6.07, 6.45) is 6.56. The van der Waals surface area contributed by atoms with E-state index in [0.29, 0.717) is 0 Å². The minimum Gasteiger partial charge on any atom is -0.363 e. The fourth-order valence-corrected chi connectivity index (χ4v) is 1.54. The molecule has 0 fully saturated rings. The largest absolute Gasteiger partial charge is 0.363 e. The summed E-state index contributed by atoms with van der Waals surface area (Å²) in [4.78, 5) is 16.1. The highest BCUT2D eigenvalue weighted by atomic mass is 35.5. The van der Waals surface area contributed by atoms with E-state index in [9.17, 15) is 13.6 Å². The van der Waals surface area contributed by atoms with E-state index in [1.807, 2.05) is 0 Å². The lowest BCUT2D eigenvalue weighted by Gasteiger charge is -2.21. The third kappa shape index (κ3) is 5.56. The Morgan fingerprint density at radius 3 is 2.62 bits per heavy atom. The van der Waals surface area contributed by atoms with Gasteiger partial charge in [0.15, 0.2) is 0 Å². The number of aromatic nitrogens is 1.